The molecule has 0 bridgehead atoms. The van der Waals surface area contributed by atoms with E-state index >= 15 is 0 Å². The van der Waals surface area contributed by atoms with Gasteiger partial charge in [-0.2, -0.15) is 13.2 Å². The fourth-order valence-corrected chi connectivity index (χ4v) is 1.61. The Balaban J connectivity index is 2.74. The van der Waals surface area contributed by atoms with Crippen LogP contribution in [0.25, 0.3) is 0 Å². The fraction of sp³-hybridized carbons (Fsp3) is 0.538. The molecule has 0 aliphatic heterocycles. The van der Waals surface area contributed by atoms with Crippen molar-refractivity contribution >= 4 is 0 Å². The molecular formula is C13H17F3O4. The van der Waals surface area contributed by atoms with Crippen molar-refractivity contribution in [1.82, 2.24) is 0 Å². The first-order chi connectivity index (χ1) is 9.50. The van der Waals surface area contributed by atoms with Crippen LogP contribution >= 0.6 is 0 Å². The Hall–Kier alpha value is -1.15. The van der Waals surface area contributed by atoms with Gasteiger partial charge in [0.2, 0.25) is 0 Å². The van der Waals surface area contributed by atoms with Gasteiger partial charge in [0.25, 0.3) is 0 Å². The van der Waals surface area contributed by atoms with Crippen molar-refractivity contribution < 1.29 is 32.5 Å². The summed E-state index contributed by atoms with van der Waals surface area (Å²) in [5, 5.41) is 9.10. The van der Waals surface area contributed by atoms with Gasteiger partial charge in [0.15, 0.2) is 6.10 Å². The molecule has 0 amide bonds. The Kier molecular flexibility index (Phi) is 6.94. The number of hydrogen-bond acceptors (Lipinski definition) is 4. The van der Waals surface area contributed by atoms with E-state index in [0.717, 1.165) is 0 Å². The first kappa shape index (κ1) is 16.9. The first-order valence-electron chi connectivity index (χ1n) is 5.94. The Morgan fingerprint density at radius 2 is 1.90 bits per heavy atom. The van der Waals surface area contributed by atoms with E-state index in [9.17, 15) is 13.2 Å². The van der Waals surface area contributed by atoms with Crippen molar-refractivity contribution in [2.24, 2.45) is 0 Å². The van der Waals surface area contributed by atoms with Crippen molar-refractivity contribution in [1.29, 1.82) is 0 Å². The van der Waals surface area contributed by atoms with Crippen LogP contribution in [-0.2, 0) is 20.8 Å². The molecule has 114 valence electrons. The highest BCUT2D eigenvalue weighted by molar-refractivity contribution is 5.29. The van der Waals surface area contributed by atoms with Crippen molar-refractivity contribution in [2.75, 3.05) is 27.1 Å². The molecule has 1 aromatic rings. The second-order valence-electron chi connectivity index (χ2n) is 3.96. The van der Waals surface area contributed by atoms with Crippen LogP contribution in [0.5, 0.6) is 0 Å². The number of hydrogen-bond donors (Lipinski definition) is 1. The summed E-state index contributed by atoms with van der Waals surface area (Å²) >= 11 is 0. The summed E-state index contributed by atoms with van der Waals surface area (Å²) in [6, 6.07) is 5.71. The third-order valence-electron chi connectivity index (χ3n) is 2.56. The molecule has 0 saturated carbocycles. The number of aliphatic hydroxyl groups is 1. The SMILES string of the molecule is COCCOCOC(c1ccccc1CO)C(F)(F)F. The van der Waals surface area contributed by atoms with Gasteiger partial charge in [-0.15, -0.1) is 0 Å². The molecule has 1 atom stereocenters. The zero-order valence-corrected chi connectivity index (χ0v) is 11.0. The number of halogens is 3. The van der Waals surface area contributed by atoms with Gasteiger partial charge in [0.05, 0.1) is 19.8 Å². The van der Waals surface area contributed by atoms with Crippen LogP contribution in [0.15, 0.2) is 24.3 Å². The lowest BCUT2D eigenvalue weighted by Crippen LogP contribution is -2.26. The van der Waals surface area contributed by atoms with Crippen molar-refractivity contribution in [2.45, 2.75) is 18.9 Å². The number of rotatable bonds is 8. The molecule has 1 unspecified atom stereocenters. The van der Waals surface area contributed by atoms with E-state index in [1.165, 1.54) is 25.3 Å². The van der Waals surface area contributed by atoms with Gasteiger partial charge in [0, 0.05) is 7.11 Å². The third kappa shape index (κ3) is 5.09. The zero-order valence-electron chi connectivity index (χ0n) is 11.0. The van der Waals surface area contributed by atoms with E-state index in [1.54, 1.807) is 6.07 Å². The maximum atomic E-state index is 13.0. The molecule has 0 radical (unpaired) electrons. The van der Waals surface area contributed by atoms with Crippen LogP contribution in [-0.4, -0.2) is 38.4 Å². The molecule has 0 saturated heterocycles. The van der Waals surface area contributed by atoms with Crippen molar-refractivity contribution in [3.8, 4) is 0 Å². The normalized spacial score (nSPS) is 13.4. The van der Waals surface area contributed by atoms with Crippen molar-refractivity contribution in [3.05, 3.63) is 35.4 Å². The largest absolute Gasteiger partial charge is 0.418 e. The van der Waals surface area contributed by atoms with E-state index in [0.29, 0.717) is 0 Å². The molecule has 4 nitrogen and oxygen atoms in total. The van der Waals surface area contributed by atoms with E-state index in [-0.39, 0.29) is 24.3 Å². The summed E-state index contributed by atoms with van der Waals surface area (Å²) in [5.74, 6) is 0. The predicted molar refractivity (Wildman–Crippen MR) is 64.9 cm³/mol. The average molecular weight is 294 g/mol. The Morgan fingerprint density at radius 1 is 1.20 bits per heavy atom. The first-order valence-corrected chi connectivity index (χ1v) is 5.94. The molecule has 7 heteroatoms. The molecule has 20 heavy (non-hydrogen) atoms. The minimum absolute atomic E-state index is 0.113. The minimum Gasteiger partial charge on any atom is -0.392 e. The monoisotopic (exact) mass is 294 g/mol. The predicted octanol–water partition coefficient (Wildman–Crippen LogP) is 2.42. The molecule has 1 N–H and O–H groups in total. The Morgan fingerprint density at radius 3 is 2.50 bits per heavy atom. The van der Waals surface area contributed by atoms with Crippen LogP contribution in [0.3, 0.4) is 0 Å². The van der Waals surface area contributed by atoms with Gasteiger partial charge >= 0.3 is 6.18 Å². The van der Waals surface area contributed by atoms with E-state index < -0.39 is 25.7 Å². The molecule has 0 aliphatic carbocycles. The summed E-state index contributed by atoms with van der Waals surface area (Å²) < 4.78 is 53.4. The topological polar surface area (TPSA) is 47.9 Å². The minimum atomic E-state index is -4.59. The van der Waals surface area contributed by atoms with Gasteiger partial charge in [-0.25, -0.2) is 0 Å². The number of aliphatic hydroxyl groups excluding tert-OH is 1. The lowest BCUT2D eigenvalue weighted by atomic mass is 10.0. The van der Waals surface area contributed by atoms with Crippen LogP contribution in [0, 0.1) is 0 Å². The van der Waals surface area contributed by atoms with Crippen LogP contribution in [0.4, 0.5) is 13.2 Å². The summed E-state index contributed by atoms with van der Waals surface area (Å²) in [6.45, 7) is -0.583. The number of alkyl halides is 3. The van der Waals surface area contributed by atoms with Crippen LogP contribution < -0.4 is 0 Å². The van der Waals surface area contributed by atoms with Gasteiger partial charge in [0.1, 0.15) is 6.79 Å². The second kappa shape index (κ2) is 8.21. The molecule has 1 rings (SSSR count). The molecule has 0 spiro atoms. The van der Waals surface area contributed by atoms with Gasteiger partial charge in [-0.3, -0.25) is 0 Å². The van der Waals surface area contributed by atoms with E-state index in [1.807, 2.05) is 0 Å². The molecule has 0 heterocycles. The summed E-state index contributed by atoms with van der Waals surface area (Å²) in [5.41, 5.74) is 0.0598. The number of benzene rings is 1. The van der Waals surface area contributed by atoms with Gasteiger partial charge in [-0.1, -0.05) is 24.3 Å². The van der Waals surface area contributed by atoms with E-state index in [2.05, 4.69) is 0 Å². The average Bonchev–Trinajstić information content (AvgIpc) is 2.41. The molecule has 0 aliphatic rings. The molecule has 0 fully saturated rings. The summed E-state index contributed by atoms with van der Waals surface area (Å²) in [6.07, 6.45) is -6.72. The highest BCUT2D eigenvalue weighted by Crippen LogP contribution is 2.37. The third-order valence-corrected chi connectivity index (χ3v) is 2.56. The fourth-order valence-electron chi connectivity index (χ4n) is 1.61. The lowest BCUT2D eigenvalue weighted by molar-refractivity contribution is -0.247. The molecular weight excluding hydrogens is 277 g/mol. The maximum absolute atomic E-state index is 13.0. The maximum Gasteiger partial charge on any atom is 0.418 e. The molecule has 1 aromatic carbocycles. The number of methoxy groups -OCH3 is 1. The highest BCUT2D eigenvalue weighted by atomic mass is 19.4. The van der Waals surface area contributed by atoms with Crippen LogP contribution in [0.2, 0.25) is 0 Å². The number of ether oxygens (including phenoxy) is 3. The lowest BCUT2D eigenvalue weighted by Gasteiger charge is -2.23. The zero-order chi connectivity index (χ0) is 15.0. The summed E-state index contributed by atoms with van der Waals surface area (Å²) in [4.78, 5) is 0. The summed E-state index contributed by atoms with van der Waals surface area (Å²) in [7, 11) is 1.46. The van der Waals surface area contributed by atoms with Crippen molar-refractivity contribution in [3.63, 3.8) is 0 Å². The second-order valence-corrected chi connectivity index (χ2v) is 3.96. The Labute approximate surface area is 115 Å². The quantitative estimate of drug-likeness (QED) is 0.591. The smallest absolute Gasteiger partial charge is 0.392 e. The standard InChI is InChI=1S/C13H17F3O4/c1-18-6-7-19-9-20-12(13(14,15)16)11-5-3-2-4-10(11)8-17/h2-5,12,17H,6-9H2,1H3. The highest BCUT2D eigenvalue weighted by Gasteiger charge is 2.42. The van der Waals surface area contributed by atoms with Gasteiger partial charge < -0.3 is 19.3 Å². The van der Waals surface area contributed by atoms with E-state index in [4.69, 9.17) is 19.3 Å². The van der Waals surface area contributed by atoms with Crippen LogP contribution in [0.1, 0.15) is 17.2 Å². The molecule has 0 aromatic heterocycles. The van der Waals surface area contributed by atoms with Gasteiger partial charge in [-0.05, 0) is 11.1 Å². The Bertz CT molecular complexity index is 395.